The van der Waals surface area contributed by atoms with Crippen LogP contribution < -0.4 is 9.47 Å². The molecule has 0 saturated heterocycles. The first-order valence-corrected chi connectivity index (χ1v) is 11.8. The molecule has 1 amide bonds. The first-order valence-electron chi connectivity index (χ1n) is 11.8. The van der Waals surface area contributed by atoms with Crippen LogP contribution in [0.5, 0.6) is 23.0 Å². The Morgan fingerprint density at radius 1 is 1.03 bits per heavy atom. The molecule has 0 bridgehead atoms. The summed E-state index contributed by atoms with van der Waals surface area (Å²) in [7, 11) is 1.63. The smallest absolute Gasteiger partial charge is 0.273 e. The Labute approximate surface area is 208 Å². The van der Waals surface area contributed by atoms with Crippen molar-refractivity contribution in [2.45, 2.75) is 19.4 Å². The van der Waals surface area contributed by atoms with Gasteiger partial charge in [-0.05, 0) is 60.9 Å². The molecule has 36 heavy (non-hydrogen) atoms. The number of para-hydroxylation sites is 1. The first-order chi connectivity index (χ1) is 17.5. The van der Waals surface area contributed by atoms with Crippen LogP contribution in [0.2, 0.25) is 0 Å². The van der Waals surface area contributed by atoms with E-state index in [9.17, 15) is 15.0 Å². The van der Waals surface area contributed by atoms with Gasteiger partial charge in [0.15, 0.2) is 11.5 Å². The van der Waals surface area contributed by atoms with Gasteiger partial charge in [-0.15, -0.1) is 0 Å². The fraction of sp³-hybridized carbons (Fsp3) is 0.214. The lowest BCUT2D eigenvalue weighted by Crippen LogP contribution is -2.31. The molecule has 2 heterocycles. The van der Waals surface area contributed by atoms with Gasteiger partial charge < -0.3 is 24.6 Å². The van der Waals surface area contributed by atoms with Gasteiger partial charge >= 0.3 is 0 Å². The van der Waals surface area contributed by atoms with E-state index in [1.54, 1.807) is 48.4 Å². The molecule has 1 unspecified atom stereocenters. The second kappa shape index (κ2) is 9.65. The number of carbonyl (C=O) groups is 1. The number of benzene rings is 3. The second-order valence-corrected chi connectivity index (χ2v) is 8.54. The zero-order chi connectivity index (χ0) is 25.2. The molecule has 0 saturated carbocycles. The van der Waals surface area contributed by atoms with Gasteiger partial charge in [0, 0.05) is 17.7 Å². The number of phenolic OH excluding ortho intramolecular Hbond substituents is 2. The topological polar surface area (TPSA) is 108 Å². The summed E-state index contributed by atoms with van der Waals surface area (Å²) in [6, 6.07) is 19.3. The number of fused-ring (bicyclic) bond motifs is 1. The second-order valence-electron chi connectivity index (χ2n) is 8.54. The SMILES string of the molecule is CCOc1cc(C2c3c(-c4ccccc4O)n[nH]c3C(=O)N2CCc2ccc(OC)cc2)ccc1O. The van der Waals surface area contributed by atoms with Gasteiger partial charge in [0.25, 0.3) is 5.91 Å². The van der Waals surface area contributed by atoms with Gasteiger partial charge in [0.2, 0.25) is 0 Å². The summed E-state index contributed by atoms with van der Waals surface area (Å²) < 4.78 is 10.9. The number of aromatic amines is 1. The summed E-state index contributed by atoms with van der Waals surface area (Å²) in [5.41, 5.74) is 3.96. The Balaban J connectivity index is 1.58. The maximum Gasteiger partial charge on any atom is 0.273 e. The molecule has 5 rings (SSSR count). The number of amides is 1. The van der Waals surface area contributed by atoms with Gasteiger partial charge in [-0.25, -0.2) is 0 Å². The number of nitrogens with one attached hydrogen (secondary N) is 1. The maximum absolute atomic E-state index is 13.6. The number of nitrogens with zero attached hydrogens (tertiary/aromatic N) is 2. The van der Waals surface area contributed by atoms with Crippen LogP contribution in [0.25, 0.3) is 11.3 Å². The molecule has 8 heteroatoms. The van der Waals surface area contributed by atoms with E-state index in [1.807, 2.05) is 37.3 Å². The Morgan fingerprint density at radius 3 is 2.53 bits per heavy atom. The van der Waals surface area contributed by atoms with Crippen LogP contribution in [0.15, 0.2) is 66.7 Å². The summed E-state index contributed by atoms with van der Waals surface area (Å²) in [5.74, 6) is 1.05. The van der Waals surface area contributed by atoms with Gasteiger partial charge in [0.05, 0.1) is 19.8 Å². The normalized spacial score (nSPS) is 14.7. The third-order valence-electron chi connectivity index (χ3n) is 6.42. The maximum atomic E-state index is 13.6. The van der Waals surface area contributed by atoms with Crippen LogP contribution in [0, 0.1) is 0 Å². The van der Waals surface area contributed by atoms with Crippen molar-refractivity contribution >= 4 is 5.91 Å². The van der Waals surface area contributed by atoms with Crippen LogP contribution in [-0.2, 0) is 6.42 Å². The van der Waals surface area contributed by atoms with Gasteiger partial charge in [-0.2, -0.15) is 5.10 Å². The molecular weight excluding hydrogens is 458 g/mol. The highest BCUT2D eigenvalue weighted by atomic mass is 16.5. The summed E-state index contributed by atoms with van der Waals surface area (Å²) in [4.78, 5) is 15.4. The van der Waals surface area contributed by atoms with E-state index in [4.69, 9.17) is 9.47 Å². The minimum atomic E-state index is -0.487. The molecule has 3 aromatic carbocycles. The molecule has 1 atom stereocenters. The van der Waals surface area contributed by atoms with Crippen LogP contribution in [0.4, 0.5) is 0 Å². The third-order valence-corrected chi connectivity index (χ3v) is 6.42. The lowest BCUT2D eigenvalue weighted by atomic mass is 9.95. The van der Waals surface area contributed by atoms with Crippen molar-refractivity contribution < 1.29 is 24.5 Å². The van der Waals surface area contributed by atoms with Crippen LogP contribution >= 0.6 is 0 Å². The zero-order valence-corrected chi connectivity index (χ0v) is 20.1. The highest BCUT2D eigenvalue weighted by molar-refractivity contribution is 6.00. The lowest BCUT2D eigenvalue weighted by molar-refractivity contribution is 0.0745. The van der Waals surface area contributed by atoms with E-state index >= 15 is 0 Å². The molecule has 0 fully saturated rings. The highest BCUT2D eigenvalue weighted by Gasteiger charge is 2.42. The van der Waals surface area contributed by atoms with E-state index in [-0.39, 0.29) is 17.4 Å². The Bertz CT molecular complexity index is 1400. The first kappa shape index (κ1) is 23.3. The number of H-pyrrole nitrogens is 1. The summed E-state index contributed by atoms with van der Waals surface area (Å²) in [6.45, 7) is 2.68. The van der Waals surface area contributed by atoms with Crippen molar-refractivity contribution in [2.75, 3.05) is 20.3 Å². The van der Waals surface area contributed by atoms with Crippen molar-refractivity contribution in [1.82, 2.24) is 15.1 Å². The van der Waals surface area contributed by atoms with Crippen LogP contribution in [0.3, 0.4) is 0 Å². The molecule has 1 aliphatic rings. The number of aromatic nitrogens is 2. The molecule has 0 aliphatic carbocycles. The summed E-state index contributed by atoms with van der Waals surface area (Å²) in [6.07, 6.45) is 0.631. The molecule has 184 valence electrons. The van der Waals surface area contributed by atoms with E-state index in [1.165, 1.54) is 0 Å². The molecule has 1 aliphatic heterocycles. The number of carbonyl (C=O) groups excluding carboxylic acids is 1. The van der Waals surface area contributed by atoms with Gasteiger partial charge in [-0.3, -0.25) is 9.89 Å². The van der Waals surface area contributed by atoms with E-state index in [0.29, 0.717) is 47.8 Å². The third kappa shape index (κ3) is 4.11. The largest absolute Gasteiger partial charge is 0.507 e. The molecule has 8 nitrogen and oxygen atoms in total. The van der Waals surface area contributed by atoms with Crippen molar-refractivity contribution in [3.8, 4) is 34.3 Å². The quantitative estimate of drug-likeness (QED) is 0.334. The Morgan fingerprint density at radius 2 is 1.81 bits per heavy atom. The molecule has 4 aromatic rings. The number of rotatable bonds is 8. The van der Waals surface area contributed by atoms with Gasteiger partial charge in [-0.1, -0.05) is 30.3 Å². The zero-order valence-electron chi connectivity index (χ0n) is 20.1. The predicted octanol–water partition coefficient (Wildman–Crippen LogP) is 4.68. The number of aromatic hydroxyl groups is 2. The summed E-state index contributed by atoms with van der Waals surface area (Å²) >= 11 is 0. The van der Waals surface area contributed by atoms with Crippen molar-refractivity contribution in [1.29, 1.82) is 0 Å². The average Bonchev–Trinajstić information content (AvgIpc) is 3.43. The van der Waals surface area contributed by atoms with E-state index < -0.39 is 6.04 Å². The van der Waals surface area contributed by atoms with E-state index in [2.05, 4.69) is 10.2 Å². The molecule has 0 radical (unpaired) electrons. The predicted molar refractivity (Wildman–Crippen MR) is 135 cm³/mol. The highest BCUT2D eigenvalue weighted by Crippen LogP contribution is 2.45. The van der Waals surface area contributed by atoms with Gasteiger partial charge in [0.1, 0.15) is 22.9 Å². The number of methoxy groups -OCH3 is 1. The van der Waals surface area contributed by atoms with Crippen molar-refractivity contribution in [3.05, 3.63) is 89.1 Å². The molecule has 3 N–H and O–H groups in total. The minimum absolute atomic E-state index is 0.0306. The molecule has 1 aromatic heterocycles. The number of ether oxygens (including phenoxy) is 2. The van der Waals surface area contributed by atoms with Crippen molar-refractivity contribution in [3.63, 3.8) is 0 Å². The number of hydrogen-bond donors (Lipinski definition) is 3. The van der Waals surface area contributed by atoms with Crippen LogP contribution in [-0.4, -0.2) is 51.5 Å². The number of phenols is 2. The lowest BCUT2D eigenvalue weighted by Gasteiger charge is -2.27. The van der Waals surface area contributed by atoms with Crippen molar-refractivity contribution in [2.24, 2.45) is 0 Å². The Hall–Kier alpha value is -4.46. The van der Waals surface area contributed by atoms with Crippen LogP contribution in [0.1, 0.15) is 40.1 Å². The standard InChI is InChI=1S/C28H27N3O5/c1-3-36-23-16-18(10-13-22(23)33)27-24-25(20-6-4-5-7-21(20)32)29-30-26(24)28(34)31(27)15-14-17-8-11-19(35-2)12-9-17/h4-13,16,27,32-33H,3,14-15H2,1-2H3,(H,29,30). The fourth-order valence-corrected chi connectivity index (χ4v) is 4.67. The molecular formula is C28H27N3O5. The molecule has 0 spiro atoms. The summed E-state index contributed by atoms with van der Waals surface area (Å²) in [5, 5.41) is 28.1. The average molecular weight is 486 g/mol. The monoisotopic (exact) mass is 485 g/mol. The Kier molecular flexibility index (Phi) is 6.25. The minimum Gasteiger partial charge on any atom is -0.507 e. The number of hydrogen-bond acceptors (Lipinski definition) is 6. The van der Waals surface area contributed by atoms with E-state index in [0.717, 1.165) is 16.9 Å². The fourth-order valence-electron chi connectivity index (χ4n) is 4.67.